The SMILES string of the molecule is CC(C)(C)CC(C)(C)N1C/C=C\CCC(=O)OC[C@H](c2ccccc2)NC(=O)[C@H]2[C@@H]3O[C@@]4(C=C3Br)[C@@H]2C(=O)N(CCCCCCO)[C@@H]4C1=O. The average Bonchev–Trinajstić information content (AvgIpc) is 3.62. The van der Waals surface area contributed by atoms with Crippen molar-refractivity contribution in [3.05, 3.63) is 58.6 Å². The van der Waals surface area contributed by atoms with Crippen LogP contribution in [-0.2, 0) is 28.7 Å². The van der Waals surface area contributed by atoms with Crippen LogP contribution in [-0.4, -0.2) is 88.2 Å². The fourth-order valence-corrected chi connectivity index (χ4v) is 9.12. The second-order valence-corrected chi connectivity index (χ2v) is 16.6. The molecule has 0 unspecified atom stereocenters. The zero-order chi connectivity index (χ0) is 35.6. The van der Waals surface area contributed by atoms with Gasteiger partial charge in [-0.15, -0.1) is 0 Å². The van der Waals surface area contributed by atoms with Crippen LogP contribution in [0.1, 0.15) is 91.2 Å². The van der Waals surface area contributed by atoms with Gasteiger partial charge in [0.05, 0.1) is 17.9 Å². The minimum absolute atomic E-state index is 0.0623. The molecule has 0 aromatic heterocycles. The second kappa shape index (κ2) is 15.1. The number of esters is 1. The Hall–Kier alpha value is -3.02. The monoisotopic (exact) mass is 741 g/mol. The van der Waals surface area contributed by atoms with E-state index in [-0.39, 0.29) is 49.4 Å². The fourth-order valence-electron chi connectivity index (χ4n) is 8.38. The molecule has 5 bridgehead atoms. The van der Waals surface area contributed by atoms with Gasteiger partial charge in [-0.3, -0.25) is 19.2 Å². The number of hydrogen-bond acceptors (Lipinski definition) is 7. The van der Waals surface area contributed by atoms with E-state index in [4.69, 9.17) is 9.47 Å². The molecule has 0 saturated carbocycles. The molecule has 4 aliphatic heterocycles. The van der Waals surface area contributed by atoms with Gasteiger partial charge >= 0.3 is 5.97 Å². The zero-order valence-corrected chi connectivity index (χ0v) is 31.0. The van der Waals surface area contributed by atoms with Crippen molar-refractivity contribution in [3.63, 3.8) is 0 Å². The van der Waals surface area contributed by atoms with Crippen LogP contribution < -0.4 is 5.32 Å². The van der Waals surface area contributed by atoms with E-state index in [0.29, 0.717) is 36.7 Å². The van der Waals surface area contributed by atoms with E-state index >= 15 is 4.79 Å². The molecule has 1 aromatic carbocycles. The lowest BCUT2D eigenvalue weighted by molar-refractivity contribution is -0.152. The highest BCUT2D eigenvalue weighted by Gasteiger charge is 2.74. The number of nitrogens with zero attached hydrogens (tertiary/aromatic N) is 2. The van der Waals surface area contributed by atoms with Crippen molar-refractivity contribution in [1.29, 1.82) is 0 Å². The number of halogens is 1. The number of rotatable bonds is 9. The molecule has 11 heteroatoms. The number of amides is 3. The summed E-state index contributed by atoms with van der Waals surface area (Å²) in [5.74, 6) is -3.10. The molecule has 3 amide bonds. The van der Waals surface area contributed by atoms with Crippen LogP contribution in [0, 0.1) is 17.3 Å². The maximum Gasteiger partial charge on any atom is 0.306 e. The van der Waals surface area contributed by atoms with Gasteiger partial charge in [0.25, 0.3) is 0 Å². The summed E-state index contributed by atoms with van der Waals surface area (Å²) in [5.41, 5.74) is -1.29. The number of likely N-dealkylation sites (tertiary alicyclic amines) is 1. The summed E-state index contributed by atoms with van der Waals surface area (Å²) in [6.07, 6.45) is 9.12. The largest absolute Gasteiger partial charge is 0.463 e. The predicted octanol–water partition coefficient (Wildman–Crippen LogP) is 5.21. The Morgan fingerprint density at radius 1 is 0.980 bits per heavy atom. The molecule has 1 aromatic rings. The molecule has 268 valence electrons. The minimum Gasteiger partial charge on any atom is -0.463 e. The summed E-state index contributed by atoms with van der Waals surface area (Å²) < 4.78 is 13.0. The third-order valence-corrected chi connectivity index (χ3v) is 10.8. The first-order valence-electron chi connectivity index (χ1n) is 17.6. The summed E-state index contributed by atoms with van der Waals surface area (Å²) in [5, 5.41) is 12.4. The van der Waals surface area contributed by atoms with Crippen molar-refractivity contribution >= 4 is 39.6 Å². The number of allylic oxidation sites excluding steroid dienone is 1. The summed E-state index contributed by atoms with van der Waals surface area (Å²) in [7, 11) is 0. The highest BCUT2D eigenvalue weighted by molar-refractivity contribution is 9.11. The summed E-state index contributed by atoms with van der Waals surface area (Å²) in [6, 6.07) is 7.68. The number of carbonyl (C=O) groups excluding carboxylic acids is 4. The first-order valence-corrected chi connectivity index (χ1v) is 18.4. The molecule has 2 fully saturated rings. The maximum absolute atomic E-state index is 15.2. The van der Waals surface area contributed by atoms with E-state index in [1.807, 2.05) is 67.3 Å². The van der Waals surface area contributed by atoms with Crippen molar-refractivity contribution in [3.8, 4) is 0 Å². The number of cyclic esters (lactones) is 1. The average molecular weight is 743 g/mol. The number of unbranched alkanes of at least 4 members (excludes halogenated alkanes) is 3. The van der Waals surface area contributed by atoms with Gasteiger partial charge in [-0.05, 0) is 56.6 Å². The molecular weight excluding hydrogens is 690 g/mol. The van der Waals surface area contributed by atoms with Crippen LogP contribution in [0.4, 0.5) is 0 Å². The van der Waals surface area contributed by atoms with E-state index in [2.05, 4.69) is 42.0 Å². The molecule has 4 heterocycles. The van der Waals surface area contributed by atoms with Gasteiger partial charge in [-0.1, -0.05) is 92.0 Å². The van der Waals surface area contributed by atoms with Gasteiger partial charge < -0.3 is 29.7 Å². The van der Waals surface area contributed by atoms with E-state index < -0.39 is 47.1 Å². The number of hydrogen-bond donors (Lipinski definition) is 2. The Balaban J connectivity index is 1.59. The lowest BCUT2D eigenvalue weighted by Crippen LogP contribution is -2.60. The van der Waals surface area contributed by atoms with Crippen molar-refractivity contribution < 1.29 is 33.8 Å². The number of carbonyl (C=O) groups is 4. The van der Waals surface area contributed by atoms with Gasteiger partial charge in [-0.2, -0.15) is 0 Å². The Bertz CT molecular complexity index is 1450. The summed E-state index contributed by atoms with van der Waals surface area (Å²) >= 11 is 3.66. The van der Waals surface area contributed by atoms with Crippen molar-refractivity contribution in [2.45, 2.75) is 109 Å². The van der Waals surface area contributed by atoms with E-state index in [1.165, 1.54) is 0 Å². The van der Waals surface area contributed by atoms with Crippen LogP contribution in [0.15, 0.2) is 53.0 Å². The standard InChI is InChI=1S/C38H52BrN3O7/c1-36(2,3)24-37(4,5)42-20-14-9-12-18-28(44)48-23-27(25-16-10-8-11-17-25)40-33(45)29-30-34(46)41(19-13-6-7-15-21-43)32(35(42)47)38(30)22-26(39)31(29)49-38/h8-11,14,16-17,22,27,29-32,43H,6-7,12-13,15,18-21,23-24H2,1-5H3,(H,40,45)/b14-9-/t27-,29-,30+,31-,32-,38+/m1/s1. The van der Waals surface area contributed by atoms with Crippen LogP contribution in [0.25, 0.3) is 0 Å². The highest BCUT2D eigenvalue weighted by Crippen LogP contribution is 2.59. The lowest BCUT2D eigenvalue weighted by atomic mass is 9.73. The first kappa shape index (κ1) is 37.2. The minimum atomic E-state index is -1.34. The zero-order valence-electron chi connectivity index (χ0n) is 29.5. The number of aliphatic hydroxyl groups excluding tert-OH is 1. The predicted molar refractivity (Wildman–Crippen MR) is 189 cm³/mol. The number of benzene rings is 1. The van der Waals surface area contributed by atoms with Crippen LogP contribution >= 0.6 is 15.9 Å². The summed E-state index contributed by atoms with van der Waals surface area (Å²) in [6.45, 7) is 11.2. The van der Waals surface area contributed by atoms with Gasteiger partial charge in [0.1, 0.15) is 24.4 Å². The van der Waals surface area contributed by atoms with Crippen LogP contribution in [0.2, 0.25) is 0 Å². The molecule has 0 aliphatic carbocycles. The normalized spacial score (nSPS) is 30.3. The highest BCUT2D eigenvalue weighted by atomic mass is 79.9. The maximum atomic E-state index is 15.2. The van der Waals surface area contributed by atoms with Crippen LogP contribution in [0.3, 0.4) is 0 Å². The third kappa shape index (κ3) is 7.84. The Kier molecular flexibility index (Phi) is 11.5. The molecule has 2 saturated heterocycles. The molecular formula is C38H52BrN3O7. The molecule has 0 radical (unpaired) electrons. The second-order valence-electron chi connectivity index (χ2n) is 15.7. The van der Waals surface area contributed by atoms with Crippen molar-refractivity contribution in [2.75, 3.05) is 26.3 Å². The number of fused-ring (bicyclic) bond motifs is 2. The molecule has 49 heavy (non-hydrogen) atoms. The summed E-state index contributed by atoms with van der Waals surface area (Å²) in [4.78, 5) is 60.5. The molecule has 4 aliphatic rings. The molecule has 10 nitrogen and oxygen atoms in total. The van der Waals surface area contributed by atoms with Gasteiger partial charge in [0.2, 0.25) is 17.7 Å². The van der Waals surface area contributed by atoms with Gasteiger partial charge in [0, 0.05) is 36.1 Å². The molecule has 1 spiro atoms. The molecule has 5 rings (SSSR count). The molecule has 2 N–H and O–H groups in total. The Morgan fingerprint density at radius 3 is 2.39 bits per heavy atom. The third-order valence-electron chi connectivity index (χ3n) is 10.1. The van der Waals surface area contributed by atoms with E-state index in [1.54, 1.807) is 4.90 Å². The Labute approximate surface area is 298 Å². The molecule has 6 atom stereocenters. The first-order chi connectivity index (χ1) is 23.2. The topological polar surface area (TPSA) is 125 Å². The fraction of sp³-hybridized carbons (Fsp3) is 0.632. The smallest absolute Gasteiger partial charge is 0.306 e. The van der Waals surface area contributed by atoms with E-state index in [9.17, 15) is 19.5 Å². The van der Waals surface area contributed by atoms with Crippen molar-refractivity contribution in [2.24, 2.45) is 17.3 Å². The van der Waals surface area contributed by atoms with E-state index in [0.717, 1.165) is 18.4 Å². The van der Waals surface area contributed by atoms with Crippen molar-refractivity contribution in [1.82, 2.24) is 15.1 Å². The number of nitrogens with one attached hydrogen (secondary N) is 1. The lowest BCUT2D eigenvalue weighted by Gasteiger charge is -2.45. The quantitative estimate of drug-likeness (QED) is 0.202. The Morgan fingerprint density at radius 2 is 1.69 bits per heavy atom. The van der Waals surface area contributed by atoms with Gasteiger partial charge in [0.15, 0.2) is 0 Å². The number of aliphatic hydroxyl groups is 1. The van der Waals surface area contributed by atoms with Gasteiger partial charge in [-0.25, -0.2) is 0 Å². The van der Waals surface area contributed by atoms with Crippen LogP contribution in [0.5, 0.6) is 0 Å². The number of ether oxygens (including phenoxy) is 2.